The predicted octanol–water partition coefficient (Wildman–Crippen LogP) is 3.13. The molecule has 0 spiro atoms. The summed E-state index contributed by atoms with van der Waals surface area (Å²) in [4.78, 5) is 11.9. The Labute approximate surface area is 135 Å². The minimum absolute atomic E-state index is 0.0337. The van der Waals surface area contributed by atoms with Crippen LogP contribution in [0.2, 0.25) is 0 Å². The van der Waals surface area contributed by atoms with E-state index in [1.165, 1.54) is 23.9 Å². The van der Waals surface area contributed by atoms with Gasteiger partial charge in [0.05, 0.1) is 11.3 Å². The maximum atomic E-state index is 12.6. The summed E-state index contributed by atoms with van der Waals surface area (Å²) in [5.74, 6) is 0.424. The van der Waals surface area contributed by atoms with E-state index in [4.69, 9.17) is 0 Å². The Morgan fingerprint density at radius 2 is 2.09 bits per heavy atom. The fourth-order valence-corrected chi connectivity index (χ4v) is 2.61. The zero-order valence-electron chi connectivity index (χ0n) is 12.5. The van der Waals surface area contributed by atoms with Gasteiger partial charge < -0.3 is 9.88 Å². The highest BCUT2D eigenvalue weighted by molar-refractivity contribution is 7.99. The number of amides is 1. The van der Waals surface area contributed by atoms with Crippen molar-refractivity contribution in [1.82, 2.24) is 14.8 Å². The van der Waals surface area contributed by atoms with E-state index >= 15 is 0 Å². The standard InChI is InChI=1S/C14H15F3N4OS/c1-3-11-19-20-13(21(11)2)23-8-12(22)18-10-6-4-5-9(7-10)14(15,16)17/h4-7H,3,8H2,1-2H3,(H,18,22). The Hall–Kier alpha value is -2.03. The number of thioether (sulfide) groups is 1. The molecule has 0 atom stereocenters. The molecule has 0 radical (unpaired) electrons. The van der Waals surface area contributed by atoms with Gasteiger partial charge in [-0.1, -0.05) is 24.8 Å². The molecule has 0 saturated carbocycles. The Morgan fingerprint density at radius 3 is 2.70 bits per heavy atom. The zero-order chi connectivity index (χ0) is 17.0. The number of carbonyl (C=O) groups is 1. The Kier molecular flexibility index (Phi) is 5.30. The highest BCUT2D eigenvalue weighted by Crippen LogP contribution is 2.30. The molecule has 1 heterocycles. The van der Waals surface area contributed by atoms with Crippen molar-refractivity contribution < 1.29 is 18.0 Å². The van der Waals surface area contributed by atoms with Crippen molar-refractivity contribution in [1.29, 1.82) is 0 Å². The third-order valence-corrected chi connectivity index (χ3v) is 4.07. The van der Waals surface area contributed by atoms with Crippen LogP contribution >= 0.6 is 11.8 Å². The lowest BCUT2D eigenvalue weighted by atomic mass is 10.2. The minimum atomic E-state index is -4.44. The van der Waals surface area contributed by atoms with Crippen molar-refractivity contribution >= 4 is 23.4 Å². The molecule has 1 aromatic heterocycles. The molecule has 9 heteroatoms. The Morgan fingerprint density at radius 1 is 1.35 bits per heavy atom. The fraction of sp³-hybridized carbons (Fsp3) is 0.357. The smallest absolute Gasteiger partial charge is 0.325 e. The van der Waals surface area contributed by atoms with Gasteiger partial charge in [-0.05, 0) is 18.2 Å². The quantitative estimate of drug-likeness (QED) is 0.847. The predicted molar refractivity (Wildman–Crippen MR) is 81.2 cm³/mol. The monoisotopic (exact) mass is 344 g/mol. The van der Waals surface area contributed by atoms with Crippen LogP contribution in [-0.4, -0.2) is 26.4 Å². The Bertz CT molecular complexity index is 700. The zero-order valence-corrected chi connectivity index (χ0v) is 13.3. The minimum Gasteiger partial charge on any atom is -0.325 e. The highest BCUT2D eigenvalue weighted by atomic mass is 32.2. The van der Waals surface area contributed by atoms with Crippen LogP contribution in [0.4, 0.5) is 18.9 Å². The molecule has 0 aliphatic carbocycles. The molecule has 0 aliphatic heterocycles. The average Bonchev–Trinajstić information content (AvgIpc) is 2.85. The molecular formula is C14H15F3N4OS. The number of rotatable bonds is 5. The second kappa shape index (κ2) is 7.03. The number of anilines is 1. The number of nitrogens with one attached hydrogen (secondary N) is 1. The number of benzene rings is 1. The molecule has 0 bridgehead atoms. The van der Waals surface area contributed by atoms with Gasteiger partial charge in [0.2, 0.25) is 5.91 Å². The third-order valence-electron chi connectivity index (χ3n) is 3.05. The summed E-state index contributed by atoms with van der Waals surface area (Å²) in [7, 11) is 1.80. The molecule has 5 nitrogen and oxygen atoms in total. The molecule has 1 N–H and O–H groups in total. The molecule has 2 rings (SSSR count). The van der Waals surface area contributed by atoms with Crippen molar-refractivity contribution in [2.75, 3.05) is 11.1 Å². The summed E-state index contributed by atoms with van der Waals surface area (Å²) < 4.78 is 39.6. The topological polar surface area (TPSA) is 59.8 Å². The number of alkyl halides is 3. The lowest BCUT2D eigenvalue weighted by Gasteiger charge is -2.09. The number of aryl methyl sites for hydroxylation is 1. The van der Waals surface area contributed by atoms with Crippen molar-refractivity contribution in [3.05, 3.63) is 35.7 Å². The second-order valence-electron chi connectivity index (χ2n) is 4.73. The molecule has 2 aromatic rings. The Balaban J connectivity index is 1.96. The molecule has 1 amide bonds. The van der Waals surface area contributed by atoms with E-state index in [0.717, 1.165) is 24.4 Å². The van der Waals surface area contributed by atoms with Crippen LogP contribution in [0.25, 0.3) is 0 Å². The van der Waals surface area contributed by atoms with Gasteiger partial charge in [-0.2, -0.15) is 13.2 Å². The number of hydrogen-bond acceptors (Lipinski definition) is 4. The van der Waals surface area contributed by atoms with Crippen molar-refractivity contribution in [3.8, 4) is 0 Å². The van der Waals surface area contributed by atoms with Crippen LogP contribution in [0.5, 0.6) is 0 Å². The number of halogens is 3. The normalized spacial score (nSPS) is 11.5. The van der Waals surface area contributed by atoms with Gasteiger partial charge in [-0.15, -0.1) is 10.2 Å². The first kappa shape index (κ1) is 17.3. The van der Waals surface area contributed by atoms with Gasteiger partial charge >= 0.3 is 6.18 Å². The van der Waals surface area contributed by atoms with Gasteiger partial charge in [0.1, 0.15) is 5.82 Å². The second-order valence-corrected chi connectivity index (χ2v) is 5.67. The van der Waals surface area contributed by atoms with Crippen LogP contribution in [-0.2, 0) is 24.4 Å². The van der Waals surface area contributed by atoms with Crippen LogP contribution in [0.3, 0.4) is 0 Å². The lowest BCUT2D eigenvalue weighted by Crippen LogP contribution is -2.15. The first-order chi connectivity index (χ1) is 10.8. The summed E-state index contributed by atoms with van der Waals surface area (Å²) in [6, 6.07) is 4.52. The van der Waals surface area contributed by atoms with E-state index < -0.39 is 17.6 Å². The number of nitrogens with zero attached hydrogens (tertiary/aromatic N) is 3. The number of carbonyl (C=O) groups excluding carboxylic acids is 1. The van der Waals surface area contributed by atoms with Crippen LogP contribution in [0, 0.1) is 0 Å². The summed E-state index contributed by atoms with van der Waals surface area (Å²) in [5, 5.41) is 11.0. The van der Waals surface area contributed by atoms with E-state index in [-0.39, 0.29) is 11.4 Å². The van der Waals surface area contributed by atoms with Crippen molar-refractivity contribution in [3.63, 3.8) is 0 Å². The molecule has 0 unspecified atom stereocenters. The van der Waals surface area contributed by atoms with E-state index in [2.05, 4.69) is 15.5 Å². The lowest BCUT2D eigenvalue weighted by molar-refractivity contribution is -0.137. The molecule has 0 aliphatic rings. The van der Waals surface area contributed by atoms with Crippen molar-refractivity contribution in [2.24, 2.45) is 7.05 Å². The maximum absolute atomic E-state index is 12.6. The fourth-order valence-electron chi connectivity index (χ4n) is 1.88. The van der Waals surface area contributed by atoms with Gasteiger partial charge in [0, 0.05) is 19.2 Å². The van der Waals surface area contributed by atoms with E-state index in [1.807, 2.05) is 6.92 Å². The van der Waals surface area contributed by atoms with E-state index in [1.54, 1.807) is 11.6 Å². The number of hydrogen-bond donors (Lipinski definition) is 1. The highest BCUT2D eigenvalue weighted by Gasteiger charge is 2.30. The van der Waals surface area contributed by atoms with Crippen molar-refractivity contribution in [2.45, 2.75) is 24.7 Å². The molecular weight excluding hydrogens is 329 g/mol. The van der Waals surface area contributed by atoms with Gasteiger partial charge in [-0.25, -0.2) is 0 Å². The molecule has 0 saturated heterocycles. The van der Waals surface area contributed by atoms with Crippen LogP contribution in [0.1, 0.15) is 18.3 Å². The maximum Gasteiger partial charge on any atom is 0.416 e. The van der Waals surface area contributed by atoms with Gasteiger partial charge in [0.15, 0.2) is 5.16 Å². The summed E-state index contributed by atoms with van der Waals surface area (Å²) >= 11 is 1.18. The first-order valence-electron chi connectivity index (χ1n) is 6.79. The number of aromatic nitrogens is 3. The SMILES string of the molecule is CCc1nnc(SCC(=O)Nc2cccc(C(F)(F)F)c2)n1C. The summed E-state index contributed by atoms with van der Waals surface area (Å²) in [6.45, 7) is 1.94. The van der Waals surface area contributed by atoms with Gasteiger partial charge in [-0.3, -0.25) is 4.79 Å². The van der Waals surface area contributed by atoms with Crippen LogP contribution in [0.15, 0.2) is 29.4 Å². The average molecular weight is 344 g/mol. The summed E-state index contributed by atoms with van der Waals surface area (Å²) in [5.41, 5.74) is -0.693. The molecule has 0 fully saturated rings. The first-order valence-corrected chi connectivity index (χ1v) is 7.78. The molecule has 23 heavy (non-hydrogen) atoms. The van der Waals surface area contributed by atoms with E-state index in [0.29, 0.717) is 5.16 Å². The van der Waals surface area contributed by atoms with E-state index in [9.17, 15) is 18.0 Å². The largest absolute Gasteiger partial charge is 0.416 e. The summed E-state index contributed by atoms with van der Waals surface area (Å²) in [6.07, 6.45) is -3.72. The third kappa shape index (κ3) is 4.47. The van der Waals surface area contributed by atoms with Gasteiger partial charge in [0.25, 0.3) is 0 Å². The molecule has 1 aromatic carbocycles. The van der Waals surface area contributed by atoms with Crippen LogP contribution < -0.4 is 5.32 Å². The molecule has 124 valence electrons.